The molecule has 5 heteroatoms. The number of hydrogen-bond donors (Lipinski definition) is 0. The van der Waals surface area contributed by atoms with Gasteiger partial charge < -0.3 is 9.80 Å². The summed E-state index contributed by atoms with van der Waals surface area (Å²) in [6.07, 6.45) is 1.60. The summed E-state index contributed by atoms with van der Waals surface area (Å²) < 4.78 is 12.8. The number of anilines is 1. The molecule has 1 fully saturated rings. The summed E-state index contributed by atoms with van der Waals surface area (Å²) in [6.45, 7) is 3.05. The highest BCUT2D eigenvalue weighted by molar-refractivity contribution is 5.46. The molecule has 0 bridgehead atoms. The van der Waals surface area contributed by atoms with Crippen molar-refractivity contribution in [3.63, 3.8) is 0 Å². The minimum absolute atomic E-state index is 0.121. The predicted octanol–water partition coefficient (Wildman–Crippen LogP) is 1.88. The van der Waals surface area contributed by atoms with Crippen LogP contribution in [0.3, 0.4) is 0 Å². The summed E-state index contributed by atoms with van der Waals surface area (Å²) in [6, 6.07) is 10.1. The first-order valence-electron chi connectivity index (χ1n) is 5.99. The highest BCUT2D eigenvalue weighted by Gasteiger charge is 2.15. The molecule has 0 N–H and O–H groups in total. The van der Waals surface area contributed by atoms with Crippen LogP contribution < -0.4 is 4.90 Å². The van der Waals surface area contributed by atoms with E-state index in [0.29, 0.717) is 0 Å². The third-order valence-electron chi connectivity index (χ3n) is 3.06. The molecule has 0 atom stereocenters. The van der Waals surface area contributed by atoms with Crippen LogP contribution in [0.5, 0.6) is 0 Å². The van der Waals surface area contributed by atoms with E-state index in [1.165, 1.54) is 12.1 Å². The topological polar surface area (TPSA) is 54.1 Å². The largest absolute Gasteiger partial charge is 0.372 e. The molecular weight excluding hydrogens is 243 g/mol. The average molecular weight is 256 g/mol. The average Bonchev–Trinajstić information content (AvgIpc) is 2.46. The summed E-state index contributed by atoms with van der Waals surface area (Å²) in [5.74, 6) is -0.238. The molecule has 1 aromatic rings. The molecule has 0 spiro atoms. The molecule has 1 aliphatic heterocycles. The Hall–Kier alpha value is -2.53. The second kappa shape index (κ2) is 5.88. The van der Waals surface area contributed by atoms with Crippen molar-refractivity contribution in [1.29, 1.82) is 10.5 Å². The highest BCUT2D eigenvalue weighted by atomic mass is 19.1. The number of halogens is 1. The Balaban J connectivity index is 1.97. The zero-order chi connectivity index (χ0) is 13.7. The van der Waals surface area contributed by atoms with Gasteiger partial charge in [-0.25, -0.2) is 4.39 Å². The quantitative estimate of drug-likeness (QED) is 0.758. The fourth-order valence-electron chi connectivity index (χ4n) is 2.03. The number of benzene rings is 1. The smallest absolute Gasteiger partial charge is 0.145 e. The van der Waals surface area contributed by atoms with E-state index in [0.717, 1.165) is 31.9 Å². The van der Waals surface area contributed by atoms with Gasteiger partial charge in [-0.1, -0.05) is 0 Å². The lowest BCUT2D eigenvalue weighted by molar-refractivity contribution is 0.348. The first-order chi connectivity index (χ1) is 9.22. The van der Waals surface area contributed by atoms with Gasteiger partial charge in [0.2, 0.25) is 0 Å². The summed E-state index contributed by atoms with van der Waals surface area (Å²) in [5, 5.41) is 17.4. The third kappa shape index (κ3) is 3.23. The maximum Gasteiger partial charge on any atom is 0.145 e. The van der Waals surface area contributed by atoms with Crippen molar-refractivity contribution in [2.75, 3.05) is 31.1 Å². The van der Waals surface area contributed by atoms with Gasteiger partial charge in [0.05, 0.1) is 0 Å². The molecule has 1 heterocycles. The van der Waals surface area contributed by atoms with Crippen LogP contribution in [0.2, 0.25) is 0 Å². The maximum atomic E-state index is 12.8. The molecule has 19 heavy (non-hydrogen) atoms. The third-order valence-corrected chi connectivity index (χ3v) is 3.06. The lowest BCUT2D eigenvalue weighted by atomic mass is 10.2. The van der Waals surface area contributed by atoms with Gasteiger partial charge in [0.15, 0.2) is 0 Å². The van der Waals surface area contributed by atoms with Crippen molar-refractivity contribution in [3.8, 4) is 12.1 Å². The predicted molar refractivity (Wildman–Crippen MR) is 69.5 cm³/mol. The van der Waals surface area contributed by atoms with Gasteiger partial charge >= 0.3 is 0 Å². The van der Waals surface area contributed by atoms with E-state index < -0.39 is 0 Å². The van der Waals surface area contributed by atoms with Gasteiger partial charge in [-0.3, -0.25) is 0 Å². The molecule has 1 aliphatic rings. The lowest BCUT2D eigenvalue weighted by Crippen LogP contribution is -2.44. The molecule has 0 unspecified atom stereocenters. The van der Waals surface area contributed by atoms with Crippen LogP contribution in [0.1, 0.15) is 0 Å². The van der Waals surface area contributed by atoms with Crippen molar-refractivity contribution in [2.24, 2.45) is 0 Å². The van der Waals surface area contributed by atoms with Crippen molar-refractivity contribution in [2.45, 2.75) is 0 Å². The number of rotatable bonds is 2. The zero-order valence-corrected chi connectivity index (χ0v) is 10.4. The summed E-state index contributed by atoms with van der Waals surface area (Å²) in [7, 11) is 0. The SMILES string of the molecule is N#CC(C#N)=CN1CCN(c2ccc(F)cc2)CC1. The molecule has 1 saturated heterocycles. The minimum Gasteiger partial charge on any atom is -0.372 e. The first kappa shape index (κ1) is 12.9. The van der Waals surface area contributed by atoms with E-state index in [4.69, 9.17) is 10.5 Å². The maximum absolute atomic E-state index is 12.8. The Bertz CT molecular complexity index is 526. The van der Waals surface area contributed by atoms with E-state index in [2.05, 4.69) is 4.90 Å². The van der Waals surface area contributed by atoms with Crippen molar-refractivity contribution < 1.29 is 4.39 Å². The molecule has 96 valence electrons. The van der Waals surface area contributed by atoms with Gasteiger partial charge in [-0.05, 0) is 24.3 Å². The molecule has 4 nitrogen and oxygen atoms in total. The van der Waals surface area contributed by atoms with Gasteiger partial charge in [-0.2, -0.15) is 10.5 Å². The van der Waals surface area contributed by atoms with E-state index in [1.807, 2.05) is 17.0 Å². The number of allylic oxidation sites excluding steroid dienone is 1. The Morgan fingerprint density at radius 3 is 2.16 bits per heavy atom. The van der Waals surface area contributed by atoms with Crippen molar-refractivity contribution in [1.82, 2.24) is 4.90 Å². The van der Waals surface area contributed by atoms with Crippen LogP contribution in [-0.4, -0.2) is 31.1 Å². The Morgan fingerprint density at radius 1 is 1.05 bits per heavy atom. The van der Waals surface area contributed by atoms with Gasteiger partial charge in [0.25, 0.3) is 0 Å². The second-order valence-corrected chi connectivity index (χ2v) is 4.27. The van der Waals surface area contributed by atoms with Crippen LogP contribution in [0.25, 0.3) is 0 Å². The number of piperazine rings is 1. The van der Waals surface area contributed by atoms with Crippen LogP contribution in [0, 0.1) is 28.5 Å². The molecule has 0 saturated carbocycles. The zero-order valence-electron chi connectivity index (χ0n) is 10.4. The number of hydrogen-bond acceptors (Lipinski definition) is 4. The summed E-state index contributed by atoms with van der Waals surface area (Å²) >= 11 is 0. The van der Waals surface area contributed by atoms with Gasteiger partial charge in [0.1, 0.15) is 23.5 Å². The standard InChI is InChI=1S/C14H13FN4/c15-13-1-3-14(4-2-13)19-7-5-18(6-8-19)11-12(9-16)10-17/h1-4,11H,5-8H2. The molecule has 0 radical (unpaired) electrons. The minimum atomic E-state index is -0.238. The van der Waals surface area contributed by atoms with Crippen LogP contribution in [0.4, 0.5) is 10.1 Å². The van der Waals surface area contributed by atoms with Crippen LogP contribution in [-0.2, 0) is 0 Å². The molecule has 1 aromatic carbocycles. The normalized spacial score (nSPS) is 14.5. The fourth-order valence-corrected chi connectivity index (χ4v) is 2.03. The Morgan fingerprint density at radius 2 is 1.63 bits per heavy atom. The molecule has 0 aromatic heterocycles. The summed E-state index contributed by atoms with van der Waals surface area (Å²) in [4.78, 5) is 4.12. The Labute approximate surface area is 111 Å². The monoisotopic (exact) mass is 256 g/mol. The van der Waals surface area contributed by atoms with E-state index in [9.17, 15) is 4.39 Å². The van der Waals surface area contributed by atoms with Crippen molar-refractivity contribution >= 4 is 5.69 Å². The Kier molecular flexibility index (Phi) is 4.00. The highest BCUT2D eigenvalue weighted by Crippen LogP contribution is 2.17. The molecule has 2 rings (SSSR count). The van der Waals surface area contributed by atoms with Gasteiger partial charge in [0, 0.05) is 38.1 Å². The molecule has 0 aliphatic carbocycles. The first-order valence-corrected chi connectivity index (χ1v) is 5.99. The van der Waals surface area contributed by atoms with Crippen molar-refractivity contribution in [3.05, 3.63) is 41.9 Å². The number of nitriles is 2. The molecule has 0 amide bonds. The van der Waals surface area contributed by atoms with Crippen LogP contribution in [0.15, 0.2) is 36.0 Å². The van der Waals surface area contributed by atoms with Crippen LogP contribution >= 0.6 is 0 Å². The number of nitrogens with zero attached hydrogens (tertiary/aromatic N) is 4. The lowest BCUT2D eigenvalue weighted by Gasteiger charge is -2.35. The summed E-state index contributed by atoms with van der Waals surface area (Å²) in [5.41, 5.74) is 1.11. The second-order valence-electron chi connectivity index (χ2n) is 4.27. The van der Waals surface area contributed by atoms with E-state index in [-0.39, 0.29) is 11.4 Å². The fraction of sp³-hybridized carbons (Fsp3) is 0.286. The van der Waals surface area contributed by atoms with E-state index in [1.54, 1.807) is 18.3 Å². The molecular formula is C14H13FN4. The van der Waals surface area contributed by atoms with E-state index >= 15 is 0 Å². The van der Waals surface area contributed by atoms with Gasteiger partial charge in [-0.15, -0.1) is 0 Å².